The molecule has 22 heavy (non-hydrogen) atoms. The van der Waals surface area contributed by atoms with Crippen molar-refractivity contribution in [3.8, 4) is 0 Å². The summed E-state index contributed by atoms with van der Waals surface area (Å²) >= 11 is 0. The van der Waals surface area contributed by atoms with Crippen LogP contribution in [-0.4, -0.2) is 12.1 Å². The molecule has 2 aliphatic rings. The van der Waals surface area contributed by atoms with Gasteiger partial charge in [0.2, 0.25) is 5.91 Å². The third kappa shape index (κ3) is 6.10. The highest BCUT2D eigenvalue weighted by molar-refractivity contribution is 5.76. The average molecular weight is 306 g/mol. The summed E-state index contributed by atoms with van der Waals surface area (Å²) in [5.74, 6) is 2.50. The molecule has 0 aromatic heterocycles. The van der Waals surface area contributed by atoms with E-state index in [1.54, 1.807) is 0 Å². The number of hydrogen-bond donors (Lipinski definition) is 1. The SMILES string of the molecule is CCCCCCCCCCC(=O)NN=CC1CC2CCC1C2. The lowest BCUT2D eigenvalue weighted by Gasteiger charge is -2.16. The number of amides is 1. The topological polar surface area (TPSA) is 41.5 Å². The standard InChI is InChI=1S/C19H34N2O/c1-2-3-4-5-6-7-8-9-10-19(22)21-20-15-18-14-16-11-12-17(18)13-16/h15-18H,2-14H2,1H3,(H,21,22). The van der Waals surface area contributed by atoms with Gasteiger partial charge in [0, 0.05) is 12.6 Å². The van der Waals surface area contributed by atoms with Crippen LogP contribution in [0.4, 0.5) is 0 Å². The normalized spacial score (nSPS) is 26.9. The Hall–Kier alpha value is -0.860. The van der Waals surface area contributed by atoms with E-state index in [2.05, 4.69) is 17.5 Å². The number of unbranched alkanes of at least 4 members (excludes halogenated alkanes) is 7. The van der Waals surface area contributed by atoms with Gasteiger partial charge in [0.1, 0.15) is 0 Å². The van der Waals surface area contributed by atoms with Crippen LogP contribution in [0.15, 0.2) is 5.10 Å². The summed E-state index contributed by atoms with van der Waals surface area (Å²) in [6, 6.07) is 0. The second kappa shape index (κ2) is 10.0. The summed E-state index contributed by atoms with van der Waals surface area (Å²) in [6.45, 7) is 2.25. The van der Waals surface area contributed by atoms with E-state index in [1.165, 1.54) is 70.6 Å². The van der Waals surface area contributed by atoms with Crippen LogP contribution in [0.2, 0.25) is 0 Å². The van der Waals surface area contributed by atoms with E-state index in [0.717, 1.165) is 18.3 Å². The van der Waals surface area contributed by atoms with Crippen molar-refractivity contribution in [2.45, 2.75) is 90.4 Å². The largest absolute Gasteiger partial charge is 0.273 e. The zero-order valence-electron chi connectivity index (χ0n) is 14.4. The molecule has 3 heteroatoms. The minimum atomic E-state index is 0.0883. The molecule has 2 fully saturated rings. The van der Waals surface area contributed by atoms with Crippen molar-refractivity contribution in [1.82, 2.24) is 5.43 Å². The number of nitrogens with one attached hydrogen (secondary N) is 1. The predicted octanol–water partition coefficient (Wildman–Crippen LogP) is 5.06. The Bertz CT molecular complexity index is 353. The third-order valence-corrected chi connectivity index (χ3v) is 5.51. The van der Waals surface area contributed by atoms with Crippen LogP contribution in [0, 0.1) is 17.8 Å². The van der Waals surface area contributed by atoms with Crippen molar-refractivity contribution in [3.63, 3.8) is 0 Å². The first kappa shape index (κ1) is 17.5. The van der Waals surface area contributed by atoms with E-state index in [-0.39, 0.29) is 5.91 Å². The van der Waals surface area contributed by atoms with Crippen molar-refractivity contribution >= 4 is 12.1 Å². The van der Waals surface area contributed by atoms with E-state index in [4.69, 9.17) is 0 Å². The number of nitrogens with zero attached hydrogens (tertiary/aromatic N) is 1. The fraction of sp³-hybridized carbons (Fsp3) is 0.895. The van der Waals surface area contributed by atoms with Gasteiger partial charge in [-0.3, -0.25) is 4.79 Å². The molecule has 3 nitrogen and oxygen atoms in total. The van der Waals surface area contributed by atoms with Crippen LogP contribution in [0.25, 0.3) is 0 Å². The van der Waals surface area contributed by atoms with Gasteiger partial charge in [-0.25, -0.2) is 5.43 Å². The summed E-state index contributed by atoms with van der Waals surface area (Å²) in [4.78, 5) is 11.7. The van der Waals surface area contributed by atoms with Crippen molar-refractivity contribution < 1.29 is 4.79 Å². The number of hydrazone groups is 1. The van der Waals surface area contributed by atoms with Gasteiger partial charge in [-0.1, -0.05) is 58.3 Å². The summed E-state index contributed by atoms with van der Waals surface area (Å²) in [5.41, 5.74) is 2.72. The van der Waals surface area contributed by atoms with E-state index in [1.807, 2.05) is 6.21 Å². The number of fused-ring (bicyclic) bond motifs is 2. The van der Waals surface area contributed by atoms with Gasteiger partial charge in [-0.2, -0.15) is 5.10 Å². The van der Waals surface area contributed by atoms with Gasteiger partial charge in [0.05, 0.1) is 0 Å². The van der Waals surface area contributed by atoms with E-state index in [0.29, 0.717) is 12.3 Å². The van der Waals surface area contributed by atoms with Gasteiger partial charge in [0.25, 0.3) is 0 Å². The first-order valence-corrected chi connectivity index (χ1v) is 9.61. The van der Waals surface area contributed by atoms with Gasteiger partial charge in [0.15, 0.2) is 0 Å². The Labute approximate surface area is 136 Å². The highest BCUT2D eigenvalue weighted by Gasteiger charge is 2.38. The average Bonchev–Trinajstić information content (AvgIpc) is 3.13. The second-order valence-electron chi connectivity index (χ2n) is 7.38. The van der Waals surface area contributed by atoms with Crippen LogP contribution in [0.3, 0.4) is 0 Å². The molecule has 2 aliphatic carbocycles. The molecular weight excluding hydrogens is 272 g/mol. The maximum absolute atomic E-state index is 11.7. The predicted molar refractivity (Wildman–Crippen MR) is 92.8 cm³/mol. The zero-order valence-corrected chi connectivity index (χ0v) is 14.4. The first-order valence-electron chi connectivity index (χ1n) is 9.61. The highest BCUT2D eigenvalue weighted by atomic mass is 16.2. The van der Waals surface area contributed by atoms with Crippen LogP contribution < -0.4 is 5.43 Å². The molecule has 2 rings (SSSR count). The van der Waals surface area contributed by atoms with Gasteiger partial charge in [-0.15, -0.1) is 0 Å². The Morgan fingerprint density at radius 1 is 1.05 bits per heavy atom. The minimum absolute atomic E-state index is 0.0883. The summed E-state index contributed by atoms with van der Waals surface area (Å²) < 4.78 is 0. The maximum atomic E-state index is 11.7. The number of hydrogen-bond acceptors (Lipinski definition) is 2. The minimum Gasteiger partial charge on any atom is -0.273 e. The van der Waals surface area contributed by atoms with Gasteiger partial charge < -0.3 is 0 Å². The molecule has 0 radical (unpaired) electrons. The second-order valence-corrected chi connectivity index (χ2v) is 7.38. The molecule has 126 valence electrons. The van der Waals surface area contributed by atoms with Crippen molar-refractivity contribution in [2.24, 2.45) is 22.9 Å². The van der Waals surface area contributed by atoms with Crippen LogP contribution in [0.5, 0.6) is 0 Å². The lowest BCUT2D eigenvalue weighted by Crippen LogP contribution is -2.19. The molecule has 0 spiro atoms. The fourth-order valence-electron chi connectivity index (χ4n) is 4.16. The zero-order chi connectivity index (χ0) is 15.6. The van der Waals surface area contributed by atoms with E-state index < -0.39 is 0 Å². The van der Waals surface area contributed by atoms with Crippen molar-refractivity contribution in [1.29, 1.82) is 0 Å². The fourth-order valence-corrected chi connectivity index (χ4v) is 4.16. The maximum Gasteiger partial charge on any atom is 0.240 e. The van der Waals surface area contributed by atoms with Crippen molar-refractivity contribution in [2.75, 3.05) is 0 Å². The summed E-state index contributed by atoms with van der Waals surface area (Å²) in [6.07, 6.45) is 18.3. The highest BCUT2D eigenvalue weighted by Crippen LogP contribution is 2.47. The summed E-state index contributed by atoms with van der Waals surface area (Å²) in [7, 11) is 0. The Morgan fingerprint density at radius 2 is 1.77 bits per heavy atom. The molecular formula is C19H34N2O. The van der Waals surface area contributed by atoms with Crippen LogP contribution in [0.1, 0.15) is 90.4 Å². The van der Waals surface area contributed by atoms with Gasteiger partial charge in [-0.05, 0) is 43.4 Å². The quantitative estimate of drug-likeness (QED) is 0.324. The number of carbonyl (C=O) groups excluding carboxylic acids is 1. The van der Waals surface area contributed by atoms with Crippen LogP contribution >= 0.6 is 0 Å². The Kier molecular flexibility index (Phi) is 7.96. The molecule has 2 bridgehead atoms. The van der Waals surface area contributed by atoms with E-state index in [9.17, 15) is 4.79 Å². The molecule has 0 aromatic carbocycles. The lowest BCUT2D eigenvalue weighted by molar-refractivity contribution is -0.121. The Morgan fingerprint density at radius 3 is 2.41 bits per heavy atom. The molecule has 0 saturated heterocycles. The smallest absolute Gasteiger partial charge is 0.240 e. The lowest BCUT2D eigenvalue weighted by atomic mass is 9.90. The number of carbonyl (C=O) groups is 1. The first-order chi connectivity index (χ1) is 10.8. The van der Waals surface area contributed by atoms with Gasteiger partial charge >= 0.3 is 0 Å². The molecule has 0 aliphatic heterocycles. The molecule has 1 N–H and O–H groups in total. The molecule has 2 saturated carbocycles. The Balaban J connectivity index is 1.43. The third-order valence-electron chi connectivity index (χ3n) is 5.51. The molecule has 3 atom stereocenters. The van der Waals surface area contributed by atoms with Crippen LogP contribution in [-0.2, 0) is 4.79 Å². The summed E-state index contributed by atoms with van der Waals surface area (Å²) in [5, 5.41) is 4.20. The monoisotopic (exact) mass is 306 g/mol. The molecule has 0 heterocycles. The molecule has 0 aromatic rings. The molecule has 1 amide bonds. The number of rotatable bonds is 11. The molecule has 3 unspecified atom stereocenters. The van der Waals surface area contributed by atoms with Crippen molar-refractivity contribution in [3.05, 3.63) is 0 Å². The van der Waals surface area contributed by atoms with E-state index >= 15 is 0 Å².